The predicted octanol–water partition coefficient (Wildman–Crippen LogP) is 5.84. The van der Waals surface area contributed by atoms with Gasteiger partial charge in [-0.2, -0.15) is 0 Å². The Hall–Kier alpha value is -4.44. The van der Waals surface area contributed by atoms with Gasteiger partial charge in [0.25, 0.3) is 5.91 Å². The zero-order chi connectivity index (χ0) is 38.3. The smallest absolute Gasteiger partial charge is 0.408 e. The molecule has 2 aromatic heterocycles. The number of carboxylic acid groups (broad SMARTS) is 1. The molecule has 7 rings (SSSR count). The molecule has 54 heavy (non-hydrogen) atoms. The van der Waals surface area contributed by atoms with Crippen LogP contribution in [0.2, 0.25) is 0 Å². The molecule has 14 nitrogen and oxygen atoms in total. The maximum absolute atomic E-state index is 14.1. The van der Waals surface area contributed by atoms with Crippen LogP contribution in [-0.2, 0) is 19.6 Å². The first-order valence-corrected chi connectivity index (χ1v) is 21.1. The summed E-state index contributed by atoms with van der Waals surface area (Å²) in [5, 5.41) is 19.7. The van der Waals surface area contributed by atoms with Crippen molar-refractivity contribution in [2.45, 2.75) is 113 Å². The van der Waals surface area contributed by atoms with Gasteiger partial charge in [-0.15, -0.1) is 11.3 Å². The first-order valence-electron chi connectivity index (χ1n) is 18.8. The fraction of sp³-hybridized carbons (Fsp3) is 0.553. The van der Waals surface area contributed by atoms with Crippen LogP contribution in [0.25, 0.3) is 22.3 Å². The number of thiazole rings is 1. The summed E-state index contributed by atoms with van der Waals surface area (Å²) >= 11 is 1.45. The van der Waals surface area contributed by atoms with Crippen molar-refractivity contribution in [1.29, 1.82) is 0 Å². The molecule has 0 bridgehead atoms. The Bertz CT molecular complexity index is 2060. The first-order chi connectivity index (χ1) is 25.8. The summed E-state index contributed by atoms with van der Waals surface area (Å²) in [6.45, 7) is 3.94. The quantitative estimate of drug-likeness (QED) is 0.201. The van der Waals surface area contributed by atoms with E-state index in [0.717, 1.165) is 48.6 Å². The van der Waals surface area contributed by atoms with E-state index in [4.69, 9.17) is 19.4 Å². The fourth-order valence-corrected chi connectivity index (χ4v) is 10.2. The Morgan fingerprint density at radius 1 is 1.07 bits per heavy atom. The van der Waals surface area contributed by atoms with Gasteiger partial charge in [0.1, 0.15) is 34.9 Å². The summed E-state index contributed by atoms with van der Waals surface area (Å²) in [6.07, 6.45) is 9.12. The van der Waals surface area contributed by atoms with Crippen molar-refractivity contribution in [3.8, 4) is 22.9 Å². The highest BCUT2D eigenvalue weighted by atomic mass is 32.2. The van der Waals surface area contributed by atoms with Gasteiger partial charge in [-0.05, 0) is 64.5 Å². The number of sulfonamides is 1. The number of carbonyl (C=O) groups excluding carboxylic acids is 2. The van der Waals surface area contributed by atoms with Crippen molar-refractivity contribution < 1.29 is 37.4 Å². The van der Waals surface area contributed by atoms with E-state index >= 15 is 0 Å². The Morgan fingerprint density at radius 2 is 1.85 bits per heavy atom. The van der Waals surface area contributed by atoms with Gasteiger partial charge in [0.2, 0.25) is 15.9 Å². The molecule has 4 heterocycles. The van der Waals surface area contributed by atoms with Crippen LogP contribution >= 0.6 is 11.3 Å². The van der Waals surface area contributed by atoms with Gasteiger partial charge in [-0.1, -0.05) is 37.8 Å². The zero-order valence-corrected chi connectivity index (χ0v) is 32.4. The highest BCUT2D eigenvalue weighted by Crippen LogP contribution is 2.50. The molecule has 4 aliphatic rings. The molecular formula is C38H48N6O8S2. The minimum absolute atomic E-state index is 0.00616. The fourth-order valence-electron chi connectivity index (χ4n) is 7.66. The SMILES string of the molecule is COc1ccc2c(O[C@@H]3C[C@@H](C(=O)N[C@]45C[C@H]4/C=C/CCCCCCCC4(CC4)S(=O)(=O)NC5=O)N(C(=O)O)C3)cc(-c3csc(NC(C)C)n3)nc2c1. The molecule has 2 aliphatic heterocycles. The summed E-state index contributed by atoms with van der Waals surface area (Å²) < 4.78 is 40.4. The number of pyridine rings is 1. The molecule has 2 saturated carbocycles. The monoisotopic (exact) mass is 780 g/mol. The summed E-state index contributed by atoms with van der Waals surface area (Å²) in [6, 6.07) is 6.14. The van der Waals surface area contributed by atoms with Crippen LogP contribution in [0.1, 0.15) is 84.5 Å². The largest absolute Gasteiger partial charge is 0.497 e. The molecule has 1 spiro atoms. The molecule has 3 amide bonds. The number of aromatic nitrogens is 2. The number of amides is 3. The van der Waals surface area contributed by atoms with E-state index in [1.54, 1.807) is 25.3 Å². The number of ether oxygens (including phenoxy) is 2. The number of anilines is 1. The minimum atomic E-state index is -3.99. The lowest BCUT2D eigenvalue weighted by Gasteiger charge is -2.25. The van der Waals surface area contributed by atoms with Crippen molar-refractivity contribution in [2.75, 3.05) is 19.0 Å². The molecule has 0 unspecified atom stereocenters. The Kier molecular flexibility index (Phi) is 10.5. The van der Waals surface area contributed by atoms with Crippen LogP contribution in [0.4, 0.5) is 9.93 Å². The summed E-state index contributed by atoms with van der Waals surface area (Å²) in [7, 11) is -2.43. The van der Waals surface area contributed by atoms with Crippen molar-refractivity contribution in [3.63, 3.8) is 0 Å². The third-order valence-electron chi connectivity index (χ3n) is 11.0. The third kappa shape index (κ3) is 7.72. The summed E-state index contributed by atoms with van der Waals surface area (Å²) in [5.41, 5.74) is 0.256. The molecule has 3 fully saturated rings. The first kappa shape index (κ1) is 37.9. The maximum atomic E-state index is 14.1. The second kappa shape index (κ2) is 15.0. The second-order valence-corrected chi connectivity index (χ2v) is 18.2. The Morgan fingerprint density at radius 3 is 2.59 bits per heavy atom. The van der Waals surface area contributed by atoms with Crippen molar-refractivity contribution in [2.24, 2.45) is 5.92 Å². The number of hydrogen-bond acceptors (Lipinski definition) is 11. The number of carbonyl (C=O) groups is 3. The van der Waals surface area contributed by atoms with Crippen LogP contribution < -0.4 is 24.8 Å². The molecule has 1 saturated heterocycles. The van der Waals surface area contributed by atoms with Gasteiger partial charge in [0.15, 0.2) is 5.13 Å². The molecule has 290 valence electrons. The van der Waals surface area contributed by atoms with E-state index in [9.17, 15) is 27.9 Å². The third-order valence-corrected chi connectivity index (χ3v) is 14.0. The molecule has 2 aliphatic carbocycles. The van der Waals surface area contributed by atoms with Gasteiger partial charge in [0.05, 0.1) is 29.6 Å². The number of allylic oxidation sites excluding steroid dienone is 1. The van der Waals surface area contributed by atoms with Crippen LogP contribution in [0.15, 0.2) is 41.8 Å². The van der Waals surface area contributed by atoms with Crippen LogP contribution in [0, 0.1) is 5.92 Å². The van der Waals surface area contributed by atoms with E-state index in [0.29, 0.717) is 53.1 Å². The van der Waals surface area contributed by atoms with Gasteiger partial charge in [-0.25, -0.2) is 23.2 Å². The lowest BCUT2D eigenvalue weighted by atomic mass is 10.1. The van der Waals surface area contributed by atoms with Gasteiger partial charge >= 0.3 is 6.09 Å². The number of hydrogen-bond donors (Lipinski definition) is 4. The lowest BCUT2D eigenvalue weighted by molar-refractivity contribution is -0.131. The number of nitrogens with zero attached hydrogens (tertiary/aromatic N) is 3. The van der Waals surface area contributed by atoms with E-state index in [-0.39, 0.29) is 25.4 Å². The van der Waals surface area contributed by atoms with E-state index in [2.05, 4.69) is 15.4 Å². The zero-order valence-electron chi connectivity index (χ0n) is 30.8. The van der Waals surface area contributed by atoms with E-state index < -0.39 is 56.3 Å². The van der Waals surface area contributed by atoms with Crippen molar-refractivity contribution in [1.82, 2.24) is 24.9 Å². The minimum Gasteiger partial charge on any atom is -0.497 e. The molecule has 0 radical (unpaired) electrons. The van der Waals surface area contributed by atoms with E-state index in [1.807, 2.05) is 37.4 Å². The topological polar surface area (TPSA) is 189 Å². The number of nitrogens with one attached hydrogen (secondary N) is 3. The number of fused-ring (bicyclic) bond motifs is 2. The molecular weight excluding hydrogens is 733 g/mol. The van der Waals surface area contributed by atoms with Crippen molar-refractivity contribution in [3.05, 3.63) is 41.8 Å². The summed E-state index contributed by atoms with van der Waals surface area (Å²) in [5.74, 6) is -0.850. The summed E-state index contributed by atoms with van der Waals surface area (Å²) in [4.78, 5) is 51.0. The molecule has 16 heteroatoms. The van der Waals surface area contributed by atoms with Crippen molar-refractivity contribution >= 4 is 55.3 Å². The highest BCUT2D eigenvalue weighted by Gasteiger charge is 2.63. The lowest BCUT2D eigenvalue weighted by Crippen LogP contribution is -2.57. The number of rotatable bonds is 8. The van der Waals surface area contributed by atoms with Gasteiger partial charge < -0.3 is 25.2 Å². The average molecular weight is 781 g/mol. The normalized spacial score (nSPS) is 26.9. The number of likely N-dealkylation sites (tertiary alicyclic amines) is 1. The van der Waals surface area contributed by atoms with Crippen LogP contribution in [-0.4, -0.2) is 88.4 Å². The average Bonchev–Trinajstić information content (AvgIpc) is 3.95. The van der Waals surface area contributed by atoms with Gasteiger partial charge in [-0.3, -0.25) is 19.2 Å². The number of methoxy groups -OCH3 is 1. The Labute approximate surface area is 319 Å². The molecule has 4 atom stereocenters. The highest BCUT2D eigenvalue weighted by molar-refractivity contribution is 7.91. The molecule has 3 aromatic rings. The Balaban J connectivity index is 1.13. The maximum Gasteiger partial charge on any atom is 0.408 e. The van der Waals surface area contributed by atoms with Crippen LogP contribution in [0.3, 0.4) is 0 Å². The van der Waals surface area contributed by atoms with Gasteiger partial charge in [0, 0.05) is 41.3 Å². The molecule has 4 N–H and O–H groups in total. The second-order valence-electron chi connectivity index (χ2n) is 15.3. The molecule has 1 aromatic carbocycles. The van der Waals surface area contributed by atoms with E-state index in [1.165, 1.54) is 11.3 Å². The standard InChI is InChI=1S/C38H48N6O8S2/c1-23(2)39-35-41-30(22-53-35)29-19-32(27-13-12-25(51-3)17-28(27)40-29)52-26-18-31(44(21-26)36(47)48)33(45)42-38-20-24(38)11-9-7-5-4-6-8-10-14-37(15-16-37)54(49,50)43-34(38)46/h9,11-13,17,19,22-24,26,31H,4-8,10,14-16,18,20-21H2,1-3H3,(H,39,41)(H,42,45)(H,43,46)(H,47,48)/b11-9+/t24-,26-,31+,38-/m1/s1. The predicted molar refractivity (Wildman–Crippen MR) is 205 cm³/mol. The van der Waals surface area contributed by atoms with Crippen LogP contribution in [0.5, 0.6) is 11.5 Å². The number of benzene rings is 1.